The number of rotatable bonds is 3. The van der Waals surface area contributed by atoms with Crippen LogP contribution in [0.5, 0.6) is 0 Å². The maximum absolute atomic E-state index is 12.5. The van der Waals surface area contributed by atoms with Gasteiger partial charge in [-0.2, -0.15) is 0 Å². The van der Waals surface area contributed by atoms with E-state index in [9.17, 15) is 9.59 Å². The quantitative estimate of drug-likeness (QED) is 0.641. The van der Waals surface area contributed by atoms with E-state index in [1.807, 2.05) is 24.3 Å². The fourth-order valence-corrected chi connectivity index (χ4v) is 2.67. The molecule has 118 valence electrons. The SMILES string of the molecule is C[C@H](OC(=O)c1ccc(Cl)nc1)C(=O)N1CCc2ccccc21. The lowest BCUT2D eigenvalue weighted by Crippen LogP contribution is -2.39. The van der Waals surface area contributed by atoms with Crippen molar-refractivity contribution in [2.75, 3.05) is 11.4 Å². The van der Waals surface area contributed by atoms with Crippen LogP contribution < -0.4 is 4.90 Å². The van der Waals surface area contributed by atoms with Gasteiger partial charge in [0, 0.05) is 18.4 Å². The number of anilines is 1. The average Bonchev–Trinajstić information content (AvgIpc) is 2.98. The molecule has 0 aliphatic carbocycles. The number of amides is 1. The monoisotopic (exact) mass is 330 g/mol. The maximum atomic E-state index is 12.5. The van der Waals surface area contributed by atoms with Gasteiger partial charge in [-0.15, -0.1) is 0 Å². The highest BCUT2D eigenvalue weighted by Crippen LogP contribution is 2.28. The van der Waals surface area contributed by atoms with E-state index in [4.69, 9.17) is 16.3 Å². The molecule has 0 saturated carbocycles. The Labute approximate surface area is 138 Å². The van der Waals surface area contributed by atoms with Crippen molar-refractivity contribution in [3.8, 4) is 0 Å². The van der Waals surface area contributed by atoms with E-state index in [2.05, 4.69) is 4.98 Å². The molecule has 1 aliphatic rings. The topological polar surface area (TPSA) is 59.5 Å². The van der Waals surface area contributed by atoms with Gasteiger partial charge in [-0.3, -0.25) is 4.79 Å². The second-order valence-electron chi connectivity index (χ2n) is 5.29. The van der Waals surface area contributed by atoms with Gasteiger partial charge in [-0.1, -0.05) is 29.8 Å². The number of halogens is 1. The van der Waals surface area contributed by atoms with Gasteiger partial charge in [0.15, 0.2) is 6.10 Å². The number of pyridine rings is 1. The van der Waals surface area contributed by atoms with Crippen molar-refractivity contribution in [3.63, 3.8) is 0 Å². The summed E-state index contributed by atoms with van der Waals surface area (Å²) in [6.07, 6.45) is 1.26. The van der Waals surface area contributed by atoms with Gasteiger partial charge in [0.2, 0.25) is 0 Å². The third-order valence-corrected chi connectivity index (χ3v) is 3.97. The molecule has 0 fully saturated rings. The molecule has 1 atom stereocenters. The minimum absolute atomic E-state index is 0.231. The summed E-state index contributed by atoms with van der Waals surface area (Å²) in [6, 6.07) is 10.8. The van der Waals surface area contributed by atoms with Crippen LogP contribution in [0.1, 0.15) is 22.8 Å². The van der Waals surface area contributed by atoms with Gasteiger partial charge < -0.3 is 9.64 Å². The van der Waals surface area contributed by atoms with Gasteiger partial charge in [0.25, 0.3) is 5.91 Å². The zero-order valence-electron chi connectivity index (χ0n) is 12.5. The first-order valence-corrected chi connectivity index (χ1v) is 7.66. The van der Waals surface area contributed by atoms with E-state index < -0.39 is 12.1 Å². The highest BCUT2D eigenvalue weighted by atomic mass is 35.5. The molecule has 0 unspecified atom stereocenters. The molecule has 1 aliphatic heterocycles. The Hall–Kier alpha value is -2.40. The van der Waals surface area contributed by atoms with Crippen LogP contribution >= 0.6 is 11.6 Å². The van der Waals surface area contributed by atoms with Crippen LogP contribution in [0.2, 0.25) is 5.15 Å². The number of esters is 1. The van der Waals surface area contributed by atoms with Crippen LogP contribution in [-0.2, 0) is 16.0 Å². The predicted octanol–water partition coefficient (Wildman–Crippen LogP) is 2.87. The molecular formula is C17H15ClN2O3. The van der Waals surface area contributed by atoms with Crippen molar-refractivity contribution < 1.29 is 14.3 Å². The molecule has 0 bridgehead atoms. The Morgan fingerprint density at radius 2 is 2.04 bits per heavy atom. The Bertz CT molecular complexity index is 746. The molecule has 0 radical (unpaired) electrons. The molecule has 1 amide bonds. The van der Waals surface area contributed by atoms with Crippen LogP contribution in [0.4, 0.5) is 5.69 Å². The van der Waals surface area contributed by atoms with E-state index in [0.717, 1.165) is 17.7 Å². The Morgan fingerprint density at radius 1 is 1.26 bits per heavy atom. The zero-order chi connectivity index (χ0) is 16.4. The van der Waals surface area contributed by atoms with Crippen molar-refractivity contribution in [2.24, 2.45) is 0 Å². The predicted molar refractivity (Wildman–Crippen MR) is 86.6 cm³/mol. The Balaban J connectivity index is 1.69. The smallest absolute Gasteiger partial charge is 0.340 e. The van der Waals surface area contributed by atoms with Crippen LogP contribution in [0.3, 0.4) is 0 Å². The number of para-hydroxylation sites is 1. The summed E-state index contributed by atoms with van der Waals surface area (Å²) < 4.78 is 5.25. The maximum Gasteiger partial charge on any atom is 0.340 e. The number of ether oxygens (including phenoxy) is 1. The van der Waals surface area contributed by atoms with Gasteiger partial charge in [-0.25, -0.2) is 9.78 Å². The molecule has 1 aromatic carbocycles. The second kappa shape index (κ2) is 6.38. The highest BCUT2D eigenvalue weighted by Gasteiger charge is 2.29. The highest BCUT2D eigenvalue weighted by molar-refractivity contribution is 6.29. The van der Waals surface area contributed by atoms with Crippen molar-refractivity contribution in [3.05, 3.63) is 58.9 Å². The Morgan fingerprint density at radius 3 is 2.78 bits per heavy atom. The minimum Gasteiger partial charge on any atom is -0.449 e. The number of carbonyl (C=O) groups excluding carboxylic acids is 2. The molecular weight excluding hydrogens is 316 g/mol. The van der Waals surface area contributed by atoms with E-state index >= 15 is 0 Å². The summed E-state index contributed by atoms with van der Waals surface area (Å²) in [5, 5.41) is 0.291. The largest absolute Gasteiger partial charge is 0.449 e. The first-order valence-electron chi connectivity index (χ1n) is 7.28. The van der Waals surface area contributed by atoms with Crippen molar-refractivity contribution in [1.82, 2.24) is 4.98 Å². The van der Waals surface area contributed by atoms with Crippen LogP contribution in [0, 0.1) is 0 Å². The van der Waals surface area contributed by atoms with Crippen molar-refractivity contribution in [1.29, 1.82) is 0 Å². The van der Waals surface area contributed by atoms with Crippen molar-refractivity contribution in [2.45, 2.75) is 19.4 Å². The van der Waals surface area contributed by atoms with Gasteiger partial charge >= 0.3 is 5.97 Å². The third kappa shape index (κ3) is 3.19. The van der Waals surface area contributed by atoms with Gasteiger partial charge in [0.1, 0.15) is 5.15 Å². The lowest BCUT2D eigenvalue weighted by Gasteiger charge is -2.21. The fourth-order valence-electron chi connectivity index (χ4n) is 2.56. The summed E-state index contributed by atoms with van der Waals surface area (Å²) in [4.78, 5) is 30.1. The summed E-state index contributed by atoms with van der Waals surface area (Å²) in [5.74, 6) is -0.826. The van der Waals surface area contributed by atoms with Gasteiger partial charge in [-0.05, 0) is 37.1 Å². The normalized spacial score (nSPS) is 14.3. The van der Waals surface area contributed by atoms with E-state index in [1.165, 1.54) is 18.3 Å². The number of hydrogen-bond acceptors (Lipinski definition) is 4. The molecule has 2 heterocycles. The van der Waals surface area contributed by atoms with Crippen LogP contribution in [-0.4, -0.2) is 29.5 Å². The number of benzene rings is 1. The summed E-state index contributed by atoms with van der Waals surface area (Å²) in [6.45, 7) is 2.17. The lowest BCUT2D eigenvalue weighted by atomic mass is 10.2. The molecule has 23 heavy (non-hydrogen) atoms. The fraction of sp³-hybridized carbons (Fsp3) is 0.235. The third-order valence-electron chi connectivity index (χ3n) is 3.75. The first-order chi connectivity index (χ1) is 11.1. The summed E-state index contributed by atoms with van der Waals surface area (Å²) >= 11 is 5.68. The van der Waals surface area contributed by atoms with Gasteiger partial charge in [0.05, 0.1) is 5.56 Å². The van der Waals surface area contributed by atoms with Crippen LogP contribution in [0.15, 0.2) is 42.6 Å². The molecule has 2 aromatic rings. The molecule has 0 N–H and O–H groups in total. The van der Waals surface area contributed by atoms with E-state index in [1.54, 1.807) is 11.8 Å². The summed E-state index contributed by atoms with van der Waals surface area (Å²) in [7, 11) is 0. The molecule has 1 aromatic heterocycles. The number of hydrogen-bond donors (Lipinski definition) is 0. The van der Waals surface area contributed by atoms with E-state index in [0.29, 0.717) is 11.7 Å². The zero-order valence-corrected chi connectivity index (χ0v) is 13.3. The molecule has 3 rings (SSSR count). The number of fused-ring (bicyclic) bond motifs is 1. The number of carbonyl (C=O) groups is 2. The van der Waals surface area contributed by atoms with Crippen molar-refractivity contribution >= 4 is 29.2 Å². The standard InChI is InChI=1S/C17H15ClN2O3/c1-11(23-17(22)13-6-7-15(18)19-10-13)16(21)20-9-8-12-4-2-3-5-14(12)20/h2-7,10-11H,8-9H2,1H3/t11-/m0/s1. The molecule has 0 spiro atoms. The summed E-state index contributed by atoms with van der Waals surface area (Å²) in [5.41, 5.74) is 2.27. The second-order valence-corrected chi connectivity index (χ2v) is 5.67. The lowest BCUT2D eigenvalue weighted by molar-refractivity contribution is -0.126. The molecule has 6 heteroatoms. The number of nitrogens with zero attached hydrogens (tertiary/aromatic N) is 2. The first kappa shape index (κ1) is 15.5. The molecule has 0 saturated heterocycles. The Kier molecular flexibility index (Phi) is 4.30. The minimum atomic E-state index is -0.871. The molecule has 5 nitrogen and oxygen atoms in total. The average molecular weight is 331 g/mol. The van der Waals surface area contributed by atoms with Crippen LogP contribution in [0.25, 0.3) is 0 Å². The number of aromatic nitrogens is 1. The van der Waals surface area contributed by atoms with E-state index in [-0.39, 0.29) is 11.5 Å².